The Bertz CT molecular complexity index is 781. The molecule has 0 saturated carbocycles. The van der Waals surface area contributed by atoms with Gasteiger partial charge in [-0.2, -0.15) is 0 Å². The molecule has 0 spiro atoms. The Morgan fingerprint density at radius 2 is 1.13 bits per heavy atom. The van der Waals surface area contributed by atoms with E-state index in [0.29, 0.717) is 21.2 Å². The highest BCUT2D eigenvalue weighted by Crippen LogP contribution is 2.41. The number of benzene rings is 3. The zero-order chi connectivity index (χ0) is 16.4. The van der Waals surface area contributed by atoms with E-state index >= 15 is 0 Å². The highest BCUT2D eigenvalue weighted by Gasteiger charge is 2.22. The quantitative estimate of drug-likeness (QED) is 0.608. The van der Waals surface area contributed by atoms with Gasteiger partial charge in [-0.15, -0.1) is 0 Å². The normalized spacial score (nSPS) is 10.9. The summed E-state index contributed by atoms with van der Waals surface area (Å²) in [5.41, 5.74) is 2.28. The van der Waals surface area contributed by atoms with Gasteiger partial charge in [-0.05, 0) is 29.8 Å². The summed E-state index contributed by atoms with van der Waals surface area (Å²) in [7, 11) is 0. The van der Waals surface area contributed by atoms with E-state index in [2.05, 4.69) is 0 Å². The van der Waals surface area contributed by atoms with Crippen LogP contribution >= 0.6 is 23.2 Å². The Morgan fingerprint density at radius 3 is 1.57 bits per heavy atom. The Labute approximate surface area is 144 Å². The average molecular weight is 345 g/mol. The number of aromatic hydroxyl groups is 2. The molecule has 0 aliphatic heterocycles. The van der Waals surface area contributed by atoms with E-state index < -0.39 is 0 Å². The first-order chi connectivity index (χ1) is 11.1. The van der Waals surface area contributed by atoms with Crippen LogP contribution < -0.4 is 0 Å². The molecule has 116 valence electrons. The third-order valence-corrected chi connectivity index (χ3v) is 4.21. The van der Waals surface area contributed by atoms with Crippen LogP contribution in [0.15, 0.2) is 66.7 Å². The lowest BCUT2D eigenvalue weighted by Crippen LogP contribution is -2.04. The molecule has 0 aliphatic carbocycles. The minimum atomic E-state index is -0.328. The van der Waals surface area contributed by atoms with Crippen molar-refractivity contribution >= 4 is 23.2 Å². The highest BCUT2D eigenvalue weighted by molar-refractivity contribution is 6.31. The molecule has 0 amide bonds. The molecule has 3 aromatic rings. The lowest BCUT2D eigenvalue weighted by molar-refractivity contribution is 0.459. The van der Waals surface area contributed by atoms with Gasteiger partial charge < -0.3 is 10.2 Å². The van der Waals surface area contributed by atoms with Gasteiger partial charge in [0.15, 0.2) is 0 Å². The zero-order valence-electron chi connectivity index (χ0n) is 12.1. The summed E-state index contributed by atoms with van der Waals surface area (Å²) in [5, 5.41) is 21.6. The molecule has 4 heteroatoms. The molecule has 23 heavy (non-hydrogen) atoms. The van der Waals surface area contributed by atoms with Crippen LogP contribution in [0.3, 0.4) is 0 Å². The fourth-order valence-electron chi connectivity index (χ4n) is 2.69. The molecule has 0 radical (unpaired) electrons. The molecular formula is C19H14Cl2O2. The number of hydrogen-bond donors (Lipinski definition) is 2. The van der Waals surface area contributed by atoms with Crippen LogP contribution in [0.4, 0.5) is 0 Å². The van der Waals surface area contributed by atoms with E-state index in [0.717, 1.165) is 5.56 Å². The number of phenolic OH excluding ortho intramolecular Hbond substituents is 2. The summed E-state index contributed by atoms with van der Waals surface area (Å²) in [6.07, 6.45) is 0. The molecule has 0 heterocycles. The predicted octanol–water partition coefficient (Wildman–Crippen LogP) is 5.58. The molecule has 0 aliphatic rings. The smallest absolute Gasteiger partial charge is 0.121 e. The van der Waals surface area contributed by atoms with E-state index in [-0.39, 0.29) is 17.4 Å². The monoisotopic (exact) mass is 344 g/mol. The molecule has 0 fully saturated rings. The minimum absolute atomic E-state index is 0.0840. The van der Waals surface area contributed by atoms with Crippen LogP contribution in [0.1, 0.15) is 22.6 Å². The van der Waals surface area contributed by atoms with Gasteiger partial charge in [-0.1, -0.05) is 65.7 Å². The van der Waals surface area contributed by atoms with E-state index in [1.807, 2.05) is 30.3 Å². The maximum atomic E-state index is 10.3. The summed E-state index contributed by atoms with van der Waals surface area (Å²) < 4.78 is 0. The van der Waals surface area contributed by atoms with Crippen molar-refractivity contribution in [3.05, 3.63) is 93.5 Å². The van der Waals surface area contributed by atoms with Crippen LogP contribution in [-0.4, -0.2) is 10.2 Å². The lowest BCUT2D eigenvalue weighted by Gasteiger charge is -2.21. The Balaban J connectivity index is 2.22. The minimum Gasteiger partial charge on any atom is -0.508 e. The molecule has 0 aromatic heterocycles. The van der Waals surface area contributed by atoms with Crippen molar-refractivity contribution < 1.29 is 10.2 Å². The summed E-state index contributed by atoms with van der Waals surface area (Å²) in [6.45, 7) is 0. The summed E-state index contributed by atoms with van der Waals surface area (Å²) in [6, 6.07) is 19.6. The summed E-state index contributed by atoms with van der Waals surface area (Å²) in [4.78, 5) is 0. The Kier molecular flexibility index (Phi) is 4.46. The molecule has 0 bridgehead atoms. The van der Waals surface area contributed by atoms with Gasteiger partial charge in [0.1, 0.15) is 11.5 Å². The largest absolute Gasteiger partial charge is 0.508 e. The first kappa shape index (κ1) is 15.7. The molecule has 2 nitrogen and oxygen atoms in total. The SMILES string of the molecule is Oc1cc(Cl)ccc1C(c1ccccc1)c1ccc(Cl)cc1O. The topological polar surface area (TPSA) is 40.5 Å². The molecule has 0 unspecified atom stereocenters. The fourth-order valence-corrected chi connectivity index (χ4v) is 3.03. The molecule has 3 aromatic carbocycles. The average Bonchev–Trinajstić information content (AvgIpc) is 2.52. The maximum Gasteiger partial charge on any atom is 0.121 e. The molecule has 0 atom stereocenters. The lowest BCUT2D eigenvalue weighted by atomic mass is 9.84. The second-order valence-electron chi connectivity index (χ2n) is 5.25. The van der Waals surface area contributed by atoms with Gasteiger partial charge in [-0.25, -0.2) is 0 Å². The van der Waals surface area contributed by atoms with Crippen molar-refractivity contribution in [3.8, 4) is 11.5 Å². The van der Waals surface area contributed by atoms with Crippen LogP contribution in [-0.2, 0) is 0 Å². The molecule has 0 saturated heterocycles. The Hall–Kier alpha value is -2.16. The van der Waals surface area contributed by atoms with E-state index in [4.69, 9.17) is 23.2 Å². The summed E-state index contributed by atoms with van der Waals surface area (Å²) in [5.74, 6) is -0.160. The van der Waals surface area contributed by atoms with Crippen LogP contribution in [0, 0.1) is 0 Å². The number of rotatable bonds is 3. The number of hydrogen-bond acceptors (Lipinski definition) is 2. The van der Waals surface area contributed by atoms with Crippen LogP contribution in [0.25, 0.3) is 0 Å². The number of halogens is 2. The van der Waals surface area contributed by atoms with Crippen molar-refractivity contribution in [2.24, 2.45) is 0 Å². The second-order valence-corrected chi connectivity index (χ2v) is 6.12. The van der Waals surface area contributed by atoms with E-state index in [1.165, 1.54) is 12.1 Å². The first-order valence-electron chi connectivity index (χ1n) is 7.08. The van der Waals surface area contributed by atoms with Crippen LogP contribution in [0.5, 0.6) is 11.5 Å². The van der Waals surface area contributed by atoms with Crippen molar-refractivity contribution in [3.63, 3.8) is 0 Å². The van der Waals surface area contributed by atoms with Gasteiger partial charge >= 0.3 is 0 Å². The van der Waals surface area contributed by atoms with Crippen molar-refractivity contribution in [2.45, 2.75) is 5.92 Å². The van der Waals surface area contributed by atoms with Gasteiger partial charge in [0, 0.05) is 27.1 Å². The second kappa shape index (κ2) is 6.53. The molecule has 2 N–H and O–H groups in total. The van der Waals surface area contributed by atoms with E-state index in [1.54, 1.807) is 24.3 Å². The van der Waals surface area contributed by atoms with E-state index in [9.17, 15) is 10.2 Å². The van der Waals surface area contributed by atoms with Gasteiger partial charge in [0.25, 0.3) is 0 Å². The van der Waals surface area contributed by atoms with Crippen molar-refractivity contribution in [2.75, 3.05) is 0 Å². The predicted molar refractivity (Wildman–Crippen MR) is 93.6 cm³/mol. The third kappa shape index (κ3) is 3.29. The standard InChI is InChI=1S/C19H14Cl2O2/c20-13-6-8-15(17(22)10-13)19(12-4-2-1-3-5-12)16-9-7-14(21)11-18(16)23/h1-11,19,22-23H. The van der Waals surface area contributed by atoms with Gasteiger partial charge in [-0.3, -0.25) is 0 Å². The third-order valence-electron chi connectivity index (χ3n) is 3.74. The molecular weight excluding hydrogens is 331 g/mol. The fraction of sp³-hybridized carbons (Fsp3) is 0.0526. The van der Waals surface area contributed by atoms with Gasteiger partial charge in [0.2, 0.25) is 0 Å². The maximum absolute atomic E-state index is 10.3. The number of phenols is 2. The van der Waals surface area contributed by atoms with Crippen molar-refractivity contribution in [1.29, 1.82) is 0 Å². The van der Waals surface area contributed by atoms with Gasteiger partial charge in [0.05, 0.1) is 0 Å². The first-order valence-corrected chi connectivity index (χ1v) is 7.83. The van der Waals surface area contributed by atoms with Crippen LogP contribution in [0.2, 0.25) is 10.0 Å². The summed E-state index contributed by atoms with van der Waals surface area (Å²) >= 11 is 11.9. The zero-order valence-corrected chi connectivity index (χ0v) is 13.6. The molecule has 3 rings (SSSR count). The Morgan fingerprint density at radius 1 is 0.652 bits per heavy atom. The van der Waals surface area contributed by atoms with Crippen molar-refractivity contribution in [1.82, 2.24) is 0 Å². The highest BCUT2D eigenvalue weighted by atomic mass is 35.5.